The normalized spacial score (nSPS) is 52.7. The predicted molar refractivity (Wildman–Crippen MR) is 88.2 cm³/mol. The Morgan fingerprint density at radius 2 is 1.77 bits per heavy atom. The van der Waals surface area contributed by atoms with E-state index in [1.54, 1.807) is 0 Å². The fourth-order valence-corrected chi connectivity index (χ4v) is 7.96. The summed E-state index contributed by atoms with van der Waals surface area (Å²) in [7, 11) is 1.63. The van der Waals surface area contributed by atoms with Crippen LogP contribution in [0.5, 0.6) is 0 Å². The van der Waals surface area contributed by atoms with Gasteiger partial charge in [-0.15, -0.1) is 0 Å². The van der Waals surface area contributed by atoms with Gasteiger partial charge in [-0.2, -0.15) is 9.34 Å². The lowest BCUT2D eigenvalue weighted by Gasteiger charge is -2.34. The second-order valence-corrected chi connectivity index (χ2v) is 10.7. The minimum Gasteiger partial charge on any atom is -0.647 e. The Morgan fingerprint density at radius 1 is 1.14 bits per heavy atom. The maximum atomic E-state index is 13.6. The molecule has 4 aliphatic rings. The average molecular weight is 324 g/mol. The third kappa shape index (κ3) is 2.08. The number of likely N-dealkylation sites (N-methyl/N-ethyl adjacent to an activating group) is 2. The first kappa shape index (κ1) is 15.5. The summed E-state index contributed by atoms with van der Waals surface area (Å²) < 4.78 is 10.0. The summed E-state index contributed by atoms with van der Waals surface area (Å²) in [6, 6.07) is 0.962. The maximum absolute atomic E-state index is 13.6. The topological polar surface area (TPSA) is 38.8 Å². The van der Waals surface area contributed by atoms with Crippen molar-refractivity contribution in [1.82, 2.24) is 9.34 Å². The largest absolute Gasteiger partial charge is 0.647 e. The number of hydrogen-bond acceptors (Lipinski definition) is 4. The van der Waals surface area contributed by atoms with E-state index in [-0.39, 0.29) is 0 Å². The van der Waals surface area contributed by atoms with Gasteiger partial charge in [0.25, 0.3) is 0 Å². The van der Waals surface area contributed by atoms with Gasteiger partial charge in [0.15, 0.2) is 0 Å². The van der Waals surface area contributed by atoms with Crippen molar-refractivity contribution in [3.63, 3.8) is 0 Å². The molecule has 2 heterocycles. The highest BCUT2D eigenvalue weighted by atomic mass is 31.2. The van der Waals surface area contributed by atoms with E-state index >= 15 is 0 Å². The summed E-state index contributed by atoms with van der Waals surface area (Å²) in [5, 5.41) is 0. The molecule has 0 aromatic carbocycles. The molecule has 2 unspecified atom stereocenters. The van der Waals surface area contributed by atoms with E-state index in [0.717, 1.165) is 25.6 Å². The molecule has 22 heavy (non-hydrogen) atoms. The van der Waals surface area contributed by atoms with Crippen LogP contribution in [0.1, 0.15) is 39.0 Å². The van der Waals surface area contributed by atoms with Gasteiger partial charge in [-0.3, -0.25) is 0 Å². The van der Waals surface area contributed by atoms with Crippen LogP contribution in [0.25, 0.3) is 0 Å². The Morgan fingerprint density at radius 3 is 2.32 bits per heavy atom. The lowest BCUT2D eigenvalue weighted by atomic mass is 9.91. The van der Waals surface area contributed by atoms with E-state index in [1.807, 2.05) is 0 Å². The Balaban J connectivity index is 1.53. The van der Waals surface area contributed by atoms with Crippen LogP contribution in [0, 0.1) is 17.3 Å². The second-order valence-electron chi connectivity index (χ2n) is 7.98. The molecule has 5 heteroatoms. The molecule has 0 N–H and O–H groups in total. The fourth-order valence-electron chi connectivity index (χ4n) is 5.29. The third-order valence-corrected chi connectivity index (χ3v) is 9.93. The zero-order valence-electron chi connectivity index (χ0n) is 14.1. The average Bonchev–Trinajstić information content (AvgIpc) is 3.09. The number of hydrogen-bond donors (Lipinski definition) is 0. The summed E-state index contributed by atoms with van der Waals surface area (Å²) >= 11 is 0. The van der Waals surface area contributed by atoms with Crippen molar-refractivity contribution in [2.45, 2.75) is 51.1 Å². The van der Waals surface area contributed by atoms with Gasteiger partial charge in [0, 0.05) is 26.1 Å². The van der Waals surface area contributed by atoms with Crippen LogP contribution in [0.4, 0.5) is 0 Å². The predicted octanol–water partition coefficient (Wildman–Crippen LogP) is 2.48. The van der Waals surface area contributed by atoms with Crippen LogP contribution in [-0.2, 0) is 4.74 Å². The van der Waals surface area contributed by atoms with E-state index in [2.05, 4.69) is 42.3 Å². The first-order valence-electron chi connectivity index (χ1n) is 8.82. The monoisotopic (exact) mass is 324 g/mol. The van der Waals surface area contributed by atoms with Crippen LogP contribution < -0.4 is 4.89 Å². The van der Waals surface area contributed by atoms with Crippen molar-refractivity contribution in [2.24, 2.45) is 17.3 Å². The van der Waals surface area contributed by atoms with Crippen LogP contribution in [0.2, 0.25) is 0 Å². The maximum Gasteiger partial charge on any atom is 0.133 e. The molecule has 0 radical (unpaired) electrons. The highest BCUT2D eigenvalue weighted by Gasteiger charge is 2.62. The number of rotatable bonds is 2. The molecule has 2 aliphatic heterocycles. The van der Waals surface area contributed by atoms with Gasteiger partial charge in [0.05, 0.1) is 24.5 Å². The standard InChI is InChI=1S/C17H29N2O2P/c1-17-12-21-10-8-13(17)14(17)9-11-22(20)18(2)15-6-4-5-7-16(15)19(22)3/h9,11,13-16H,4-8,10,12H2,1-3H3/b11-9+/t13-,14+,15?,16?,17-,22?/m0/s1. The first-order valence-corrected chi connectivity index (χ1v) is 10.5. The SMILES string of the molecule is CN1C2CCCCC2N(C)[P+]1([O-])/C=C/[C@@H]1[C@@H]2CCOC[C@]12C. The van der Waals surface area contributed by atoms with E-state index < -0.39 is 7.79 Å². The van der Waals surface area contributed by atoms with Crippen molar-refractivity contribution in [2.75, 3.05) is 27.3 Å². The quantitative estimate of drug-likeness (QED) is 0.732. The Kier molecular flexibility index (Phi) is 3.71. The van der Waals surface area contributed by atoms with Crippen LogP contribution in [0.15, 0.2) is 11.9 Å². The molecule has 0 amide bonds. The van der Waals surface area contributed by atoms with E-state index in [0.29, 0.717) is 23.4 Å². The number of allylic oxidation sites excluding steroid dienone is 1. The zero-order chi connectivity index (χ0) is 15.5. The van der Waals surface area contributed by atoms with E-state index in [1.165, 1.54) is 25.7 Å². The molecule has 2 saturated heterocycles. The number of nitrogens with zero attached hydrogens (tertiary/aromatic N) is 2. The third-order valence-electron chi connectivity index (χ3n) is 6.96. The first-order chi connectivity index (χ1) is 10.5. The number of fused-ring (bicyclic) bond motifs is 2. The molecule has 0 spiro atoms. The molecular weight excluding hydrogens is 295 g/mol. The summed E-state index contributed by atoms with van der Waals surface area (Å²) in [5.74, 6) is 3.37. The lowest BCUT2D eigenvalue weighted by molar-refractivity contribution is -0.185. The summed E-state index contributed by atoms with van der Waals surface area (Å²) in [5.41, 5.74) is 0.303. The molecule has 2 aliphatic carbocycles. The molecule has 2 saturated carbocycles. The van der Waals surface area contributed by atoms with E-state index in [9.17, 15) is 4.89 Å². The van der Waals surface area contributed by atoms with Gasteiger partial charge in [-0.05, 0) is 37.2 Å². The highest BCUT2D eigenvalue weighted by Crippen LogP contribution is 2.68. The molecule has 5 atom stereocenters. The van der Waals surface area contributed by atoms with E-state index in [4.69, 9.17) is 4.74 Å². The van der Waals surface area contributed by atoms with Gasteiger partial charge < -0.3 is 9.63 Å². The van der Waals surface area contributed by atoms with Crippen molar-refractivity contribution in [1.29, 1.82) is 0 Å². The minimum absolute atomic E-state index is 0.303. The molecule has 4 rings (SSSR count). The molecule has 4 nitrogen and oxygen atoms in total. The van der Waals surface area contributed by atoms with Gasteiger partial charge in [0.2, 0.25) is 0 Å². The Labute approximate surface area is 135 Å². The smallest absolute Gasteiger partial charge is 0.133 e. The molecule has 0 aromatic rings. The molecular formula is C17H29N2O2P. The molecule has 0 aromatic heterocycles. The highest BCUT2D eigenvalue weighted by molar-refractivity contribution is 7.67. The fraction of sp³-hybridized carbons (Fsp3) is 0.882. The molecule has 4 fully saturated rings. The van der Waals surface area contributed by atoms with Gasteiger partial charge in [-0.1, -0.05) is 19.8 Å². The van der Waals surface area contributed by atoms with Crippen molar-refractivity contribution in [3.05, 3.63) is 11.9 Å². The van der Waals surface area contributed by atoms with Crippen LogP contribution >= 0.6 is 7.79 Å². The lowest BCUT2D eigenvalue weighted by Crippen LogP contribution is -2.37. The van der Waals surface area contributed by atoms with Gasteiger partial charge in [-0.25, -0.2) is 0 Å². The zero-order valence-corrected chi connectivity index (χ0v) is 15.0. The molecule has 0 bridgehead atoms. The minimum atomic E-state index is -2.51. The Bertz CT molecular complexity index is 467. The number of ether oxygens (including phenoxy) is 1. The summed E-state index contributed by atoms with van der Waals surface area (Å²) in [4.78, 5) is 13.6. The summed E-state index contributed by atoms with van der Waals surface area (Å²) in [6.07, 6.45) is 8.38. The Hall–Kier alpha value is 0.01000. The second kappa shape index (κ2) is 5.26. The van der Waals surface area contributed by atoms with Crippen LogP contribution in [-0.4, -0.2) is 48.7 Å². The van der Waals surface area contributed by atoms with Gasteiger partial charge >= 0.3 is 0 Å². The summed E-state index contributed by atoms with van der Waals surface area (Å²) in [6.45, 7) is 4.09. The van der Waals surface area contributed by atoms with Crippen molar-refractivity contribution in [3.8, 4) is 0 Å². The van der Waals surface area contributed by atoms with Crippen LogP contribution in [0.3, 0.4) is 0 Å². The molecule has 124 valence electrons. The van der Waals surface area contributed by atoms with Gasteiger partial charge in [0.1, 0.15) is 7.79 Å². The van der Waals surface area contributed by atoms with Crippen molar-refractivity contribution >= 4 is 7.79 Å². The van der Waals surface area contributed by atoms with Crippen molar-refractivity contribution < 1.29 is 9.63 Å².